The molecule has 2 nitrogen and oxygen atoms in total. The van der Waals surface area contributed by atoms with E-state index < -0.39 is 0 Å². The van der Waals surface area contributed by atoms with Crippen molar-refractivity contribution in [2.45, 2.75) is 18.9 Å². The largest absolute Gasteiger partial charge is 0.383 e. The fraction of sp³-hybridized carbons (Fsp3) is 0.538. The van der Waals surface area contributed by atoms with Gasteiger partial charge in [0.25, 0.3) is 0 Å². The van der Waals surface area contributed by atoms with Crippen LogP contribution in [-0.2, 0) is 4.74 Å². The van der Waals surface area contributed by atoms with Crippen LogP contribution in [-0.4, -0.2) is 31.7 Å². The molecule has 0 aliphatic carbocycles. The summed E-state index contributed by atoms with van der Waals surface area (Å²) in [7, 11) is 1.75. The smallest absolute Gasteiger partial charge is 0.0589 e. The minimum Gasteiger partial charge on any atom is -0.383 e. The number of halogens is 1. The topological polar surface area (TPSA) is 12.5 Å². The molecule has 1 aliphatic heterocycles. The van der Waals surface area contributed by atoms with Crippen LogP contribution in [0, 0.1) is 0 Å². The van der Waals surface area contributed by atoms with Gasteiger partial charge in [-0.25, -0.2) is 0 Å². The Kier molecular flexibility index (Phi) is 4.22. The molecular weight excluding hydrogens is 222 g/mol. The van der Waals surface area contributed by atoms with Gasteiger partial charge in [-0.15, -0.1) is 0 Å². The second kappa shape index (κ2) is 5.67. The molecule has 88 valence electrons. The van der Waals surface area contributed by atoms with Crippen LogP contribution >= 0.6 is 11.6 Å². The van der Waals surface area contributed by atoms with Crippen molar-refractivity contribution in [3.05, 3.63) is 34.9 Å². The maximum absolute atomic E-state index is 6.03. The van der Waals surface area contributed by atoms with Crippen LogP contribution < -0.4 is 0 Å². The van der Waals surface area contributed by atoms with Gasteiger partial charge in [0, 0.05) is 24.7 Å². The molecular formula is C13H18ClNO. The third kappa shape index (κ3) is 2.76. The molecule has 0 saturated carbocycles. The third-order valence-electron chi connectivity index (χ3n) is 3.18. The zero-order chi connectivity index (χ0) is 11.4. The summed E-state index contributed by atoms with van der Waals surface area (Å²) in [6.45, 7) is 2.98. The van der Waals surface area contributed by atoms with E-state index in [9.17, 15) is 0 Å². The minimum atomic E-state index is 0.522. The van der Waals surface area contributed by atoms with E-state index in [1.54, 1.807) is 7.11 Å². The van der Waals surface area contributed by atoms with E-state index in [1.807, 2.05) is 12.1 Å². The number of hydrogen-bond acceptors (Lipinski definition) is 2. The van der Waals surface area contributed by atoms with Gasteiger partial charge in [-0.1, -0.05) is 23.7 Å². The predicted octanol–water partition coefficient (Wildman–Crippen LogP) is 3.12. The maximum Gasteiger partial charge on any atom is 0.0589 e. The minimum absolute atomic E-state index is 0.522. The van der Waals surface area contributed by atoms with Crippen molar-refractivity contribution < 1.29 is 4.74 Å². The average molecular weight is 240 g/mol. The van der Waals surface area contributed by atoms with E-state index in [4.69, 9.17) is 16.3 Å². The van der Waals surface area contributed by atoms with Gasteiger partial charge in [0.15, 0.2) is 0 Å². The van der Waals surface area contributed by atoms with Gasteiger partial charge in [-0.2, -0.15) is 0 Å². The zero-order valence-electron chi connectivity index (χ0n) is 9.66. The van der Waals surface area contributed by atoms with E-state index in [-0.39, 0.29) is 0 Å². The summed E-state index contributed by atoms with van der Waals surface area (Å²) in [5.41, 5.74) is 1.33. The summed E-state index contributed by atoms with van der Waals surface area (Å²) in [6.07, 6.45) is 2.49. The Hall–Kier alpha value is -0.570. The van der Waals surface area contributed by atoms with Crippen molar-refractivity contribution >= 4 is 11.6 Å². The molecule has 1 heterocycles. The molecule has 0 spiro atoms. The van der Waals surface area contributed by atoms with Gasteiger partial charge in [-0.05, 0) is 37.1 Å². The Morgan fingerprint density at radius 1 is 1.50 bits per heavy atom. The fourth-order valence-corrected chi connectivity index (χ4v) is 2.59. The van der Waals surface area contributed by atoms with Crippen LogP contribution in [0.2, 0.25) is 5.02 Å². The first-order chi connectivity index (χ1) is 7.81. The van der Waals surface area contributed by atoms with Crippen LogP contribution in [0.1, 0.15) is 24.4 Å². The van der Waals surface area contributed by atoms with E-state index in [2.05, 4.69) is 17.0 Å². The Morgan fingerprint density at radius 2 is 2.38 bits per heavy atom. The molecule has 0 amide bonds. The number of ether oxygens (including phenoxy) is 1. The second-order valence-corrected chi connectivity index (χ2v) is 4.68. The highest BCUT2D eigenvalue weighted by Gasteiger charge is 2.25. The van der Waals surface area contributed by atoms with E-state index in [0.717, 1.165) is 18.2 Å². The molecule has 1 aromatic rings. The van der Waals surface area contributed by atoms with Crippen molar-refractivity contribution in [1.82, 2.24) is 4.90 Å². The standard InChI is InChI=1S/C13H18ClNO/c1-16-9-8-15-7-3-6-13(15)11-4-2-5-12(14)10-11/h2,4-5,10,13H,3,6-9H2,1H3. The van der Waals surface area contributed by atoms with Crippen LogP contribution in [0.25, 0.3) is 0 Å². The number of hydrogen-bond donors (Lipinski definition) is 0. The van der Waals surface area contributed by atoms with Gasteiger partial charge >= 0.3 is 0 Å². The molecule has 2 rings (SSSR count). The average Bonchev–Trinajstić information content (AvgIpc) is 2.74. The highest BCUT2D eigenvalue weighted by atomic mass is 35.5. The summed E-state index contributed by atoms with van der Waals surface area (Å²) >= 11 is 6.03. The van der Waals surface area contributed by atoms with Gasteiger partial charge in [0.2, 0.25) is 0 Å². The first kappa shape index (κ1) is 11.9. The molecule has 0 N–H and O–H groups in total. The molecule has 1 atom stereocenters. The van der Waals surface area contributed by atoms with Crippen molar-refractivity contribution in [2.75, 3.05) is 26.8 Å². The summed E-state index contributed by atoms with van der Waals surface area (Å²) < 4.78 is 5.14. The number of likely N-dealkylation sites (tertiary alicyclic amines) is 1. The monoisotopic (exact) mass is 239 g/mol. The van der Waals surface area contributed by atoms with Gasteiger partial charge in [0.1, 0.15) is 0 Å². The molecule has 1 aromatic carbocycles. The molecule has 16 heavy (non-hydrogen) atoms. The third-order valence-corrected chi connectivity index (χ3v) is 3.41. The molecule has 1 aliphatic rings. The number of nitrogens with zero attached hydrogens (tertiary/aromatic N) is 1. The van der Waals surface area contributed by atoms with E-state index in [1.165, 1.54) is 24.9 Å². The lowest BCUT2D eigenvalue weighted by Crippen LogP contribution is -2.26. The Morgan fingerprint density at radius 3 is 3.12 bits per heavy atom. The summed E-state index contributed by atoms with van der Waals surface area (Å²) in [5.74, 6) is 0. The summed E-state index contributed by atoms with van der Waals surface area (Å²) in [6, 6.07) is 8.73. The highest BCUT2D eigenvalue weighted by molar-refractivity contribution is 6.30. The van der Waals surface area contributed by atoms with Crippen LogP contribution in [0.5, 0.6) is 0 Å². The van der Waals surface area contributed by atoms with Crippen LogP contribution in [0.15, 0.2) is 24.3 Å². The predicted molar refractivity (Wildman–Crippen MR) is 66.9 cm³/mol. The lowest BCUT2D eigenvalue weighted by atomic mass is 10.0. The van der Waals surface area contributed by atoms with Gasteiger partial charge in [-0.3, -0.25) is 4.90 Å². The van der Waals surface area contributed by atoms with Crippen molar-refractivity contribution in [1.29, 1.82) is 0 Å². The molecule has 3 heteroatoms. The number of benzene rings is 1. The molecule has 1 fully saturated rings. The van der Waals surface area contributed by atoms with Crippen molar-refractivity contribution in [3.8, 4) is 0 Å². The molecule has 0 aromatic heterocycles. The summed E-state index contributed by atoms with van der Waals surface area (Å²) in [4.78, 5) is 2.48. The van der Waals surface area contributed by atoms with E-state index in [0.29, 0.717) is 6.04 Å². The highest BCUT2D eigenvalue weighted by Crippen LogP contribution is 2.32. The Labute approximate surface area is 102 Å². The van der Waals surface area contributed by atoms with Crippen molar-refractivity contribution in [3.63, 3.8) is 0 Å². The first-order valence-electron chi connectivity index (χ1n) is 5.79. The second-order valence-electron chi connectivity index (χ2n) is 4.24. The normalized spacial score (nSPS) is 21.5. The summed E-state index contributed by atoms with van der Waals surface area (Å²) in [5, 5.41) is 0.830. The number of methoxy groups -OCH3 is 1. The van der Waals surface area contributed by atoms with Gasteiger partial charge < -0.3 is 4.74 Å². The quantitative estimate of drug-likeness (QED) is 0.801. The lowest BCUT2D eigenvalue weighted by Gasteiger charge is -2.24. The fourth-order valence-electron chi connectivity index (χ4n) is 2.39. The maximum atomic E-state index is 6.03. The lowest BCUT2D eigenvalue weighted by molar-refractivity contribution is 0.141. The molecule has 1 saturated heterocycles. The first-order valence-corrected chi connectivity index (χ1v) is 6.17. The van der Waals surface area contributed by atoms with Gasteiger partial charge in [0.05, 0.1) is 6.61 Å². The SMILES string of the molecule is COCCN1CCCC1c1cccc(Cl)c1. The van der Waals surface area contributed by atoms with Crippen molar-refractivity contribution in [2.24, 2.45) is 0 Å². The van der Waals surface area contributed by atoms with Crippen LogP contribution in [0.3, 0.4) is 0 Å². The molecule has 0 bridgehead atoms. The zero-order valence-corrected chi connectivity index (χ0v) is 10.4. The molecule has 1 unspecified atom stereocenters. The van der Waals surface area contributed by atoms with Crippen LogP contribution in [0.4, 0.5) is 0 Å². The molecule has 0 radical (unpaired) electrons. The number of rotatable bonds is 4. The Bertz CT molecular complexity index is 342. The van der Waals surface area contributed by atoms with E-state index >= 15 is 0 Å². The Balaban J connectivity index is 2.07.